The Labute approximate surface area is 238 Å². The van der Waals surface area contributed by atoms with Gasteiger partial charge in [0.25, 0.3) is 5.56 Å². The summed E-state index contributed by atoms with van der Waals surface area (Å²) in [7, 11) is 5.02. The zero-order chi connectivity index (χ0) is 30.7. The quantitative estimate of drug-likeness (QED) is 0.255. The molecule has 1 saturated heterocycles. The number of H-pyrrole nitrogens is 1. The van der Waals surface area contributed by atoms with Crippen molar-refractivity contribution < 1.29 is 50.1 Å². The van der Waals surface area contributed by atoms with Gasteiger partial charge in [0.2, 0.25) is 5.91 Å². The number of piperazine rings is 1. The zero-order valence-corrected chi connectivity index (χ0v) is 23.2. The predicted molar refractivity (Wildman–Crippen MR) is 133 cm³/mol. The van der Waals surface area contributed by atoms with Crippen LogP contribution in [0.15, 0.2) is 23.3 Å². The molecule has 229 valence electrons. The maximum atomic E-state index is 13.3. The minimum absolute atomic E-state index is 0.00389. The van der Waals surface area contributed by atoms with Gasteiger partial charge < -0.3 is 28.7 Å². The van der Waals surface area contributed by atoms with Crippen molar-refractivity contribution in [3.63, 3.8) is 0 Å². The molecular weight excluding hydrogens is 596 g/mol. The number of carbonyl (C=O) groups excluding carboxylic acids is 1. The van der Waals surface area contributed by atoms with E-state index in [1.807, 2.05) is 0 Å². The Bertz CT molecular complexity index is 1330. The maximum absolute atomic E-state index is 13.3. The number of aromatic amines is 1. The van der Waals surface area contributed by atoms with Crippen LogP contribution in [0.1, 0.15) is 24.0 Å². The van der Waals surface area contributed by atoms with Gasteiger partial charge in [0, 0.05) is 44.5 Å². The fraction of sp³-hybridized carbons (Fsp3) is 0.583. The van der Waals surface area contributed by atoms with Crippen LogP contribution < -0.4 is 19.9 Å². The van der Waals surface area contributed by atoms with Crippen molar-refractivity contribution in [3.8, 4) is 11.5 Å². The van der Waals surface area contributed by atoms with E-state index in [1.165, 1.54) is 7.11 Å². The molecule has 4 heterocycles. The smallest absolute Gasteiger partial charge is 0.425 e. The molecule has 2 aliphatic heterocycles. The molecule has 42 heavy (non-hydrogen) atoms. The first-order valence-electron chi connectivity index (χ1n) is 12.6. The number of aromatic nitrogens is 3. The Hall–Kier alpha value is -3.38. The summed E-state index contributed by atoms with van der Waals surface area (Å²) in [6, 6.07) is 0.909. The average molecular weight is 623 g/mol. The third kappa shape index (κ3) is 7.15. The van der Waals surface area contributed by atoms with Crippen LogP contribution in [-0.2, 0) is 26.6 Å². The van der Waals surface area contributed by atoms with Crippen molar-refractivity contribution in [2.75, 3.05) is 58.1 Å². The van der Waals surface area contributed by atoms with Crippen LogP contribution in [0.4, 0.5) is 32.2 Å². The predicted octanol–water partition coefficient (Wildman–Crippen LogP) is 2.00. The van der Waals surface area contributed by atoms with E-state index in [4.69, 9.17) is 18.9 Å². The Morgan fingerprint density at radius 1 is 1.19 bits per heavy atom. The SMILES string of the molecule is COC[C@@H](COCCC(=O)N1CCN2c3ncc(C(F)(F)F)cc3OCC[C@@]2([Si])C1)Oc1cn[nH]c(=O)c1C(F)(F)F. The highest BCUT2D eigenvalue weighted by Crippen LogP contribution is 2.40. The van der Waals surface area contributed by atoms with Crippen LogP contribution in [0, 0.1) is 0 Å². The van der Waals surface area contributed by atoms with E-state index in [2.05, 4.69) is 20.3 Å². The molecular formula is C24H26F6N5O6Si. The van der Waals surface area contributed by atoms with Gasteiger partial charge in [-0.15, -0.1) is 0 Å². The zero-order valence-electron chi connectivity index (χ0n) is 22.2. The van der Waals surface area contributed by atoms with Gasteiger partial charge >= 0.3 is 12.4 Å². The van der Waals surface area contributed by atoms with Gasteiger partial charge in [0.1, 0.15) is 6.10 Å². The number of hydrogen-bond acceptors (Lipinski definition) is 9. The van der Waals surface area contributed by atoms with Gasteiger partial charge in [0.05, 0.1) is 54.9 Å². The number of hydrogen-bond donors (Lipinski definition) is 1. The van der Waals surface area contributed by atoms with Crippen molar-refractivity contribution in [1.82, 2.24) is 20.1 Å². The molecule has 2 aliphatic rings. The Morgan fingerprint density at radius 3 is 2.64 bits per heavy atom. The number of carbonyl (C=O) groups is 1. The molecule has 2 aromatic rings. The molecule has 3 radical (unpaired) electrons. The Kier molecular flexibility index (Phi) is 9.36. The molecule has 4 rings (SSSR count). The number of alkyl halides is 6. The van der Waals surface area contributed by atoms with Crippen LogP contribution in [0.5, 0.6) is 11.5 Å². The van der Waals surface area contributed by atoms with E-state index in [1.54, 1.807) is 14.9 Å². The first-order valence-corrected chi connectivity index (χ1v) is 13.1. The minimum atomic E-state index is -4.99. The number of pyridine rings is 1. The minimum Gasteiger partial charge on any atom is -0.490 e. The number of nitrogens with one attached hydrogen (secondary N) is 1. The van der Waals surface area contributed by atoms with E-state index in [0.29, 0.717) is 6.42 Å². The largest absolute Gasteiger partial charge is 0.490 e. The summed E-state index contributed by atoms with van der Waals surface area (Å²) in [4.78, 5) is 32.0. The van der Waals surface area contributed by atoms with E-state index in [0.717, 1.165) is 18.5 Å². The first-order chi connectivity index (χ1) is 19.7. The van der Waals surface area contributed by atoms with Crippen LogP contribution in [0.25, 0.3) is 0 Å². The van der Waals surface area contributed by atoms with Gasteiger partial charge in [-0.3, -0.25) is 9.59 Å². The van der Waals surface area contributed by atoms with Crippen LogP contribution >= 0.6 is 0 Å². The molecule has 1 amide bonds. The first kappa shape index (κ1) is 31.6. The highest BCUT2D eigenvalue weighted by Gasteiger charge is 2.43. The van der Waals surface area contributed by atoms with Crippen LogP contribution in [0.2, 0.25) is 0 Å². The summed E-state index contributed by atoms with van der Waals surface area (Å²) in [6.45, 7) is 0.262. The number of nitrogens with zero attached hydrogens (tertiary/aromatic N) is 4. The Morgan fingerprint density at radius 2 is 1.95 bits per heavy atom. The number of rotatable bonds is 9. The molecule has 2 atom stereocenters. The molecule has 1 N–H and O–H groups in total. The second-order valence-corrected chi connectivity index (χ2v) is 10.5. The summed E-state index contributed by atoms with van der Waals surface area (Å²) in [5.41, 5.74) is -3.93. The molecule has 1 fully saturated rings. The van der Waals surface area contributed by atoms with Crippen molar-refractivity contribution in [3.05, 3.63) is 39.9 Å². The molecule has 0 aromatic carbocycles. The van der Waals surface area contributed by atoms with E-state index < -0.39 is 46.1 Å². The lowest BCUT2D eigenvalue weighted by atomic mass is 10.1. The van der Waals surface area contributed by atoms with Crippen LogP contribution in [-0.4, -0.2) is 101 Å². The van der Waals surface area contributed by atoms with E-state index in [9.17, 15) is 35.9 Å². The van der Waals surface area contributed by atoms with E-state index >= 15 is 0 Å². The van der Waals surface area contributed by atoms with Crippen molar-refractivity contribution in [2.45, 2.75) is 36.5 Å². The third-order valence-corrected chi connectivity index (χ3v) is 7.30. The number of amides is 1. The van der Waals surface area contributed by atoms with Crippen molar-refractivity contribution in [1.29, 1.82) is 0 Å². The maximum Gasteiger partial charge on any atom is 0.425 e. The van der Waals surface area contributed by atoms with Crippen LogP contribution in [0.3, 0.4) is 0 Å². The standard InChI is InChI=1S/C24H26F6N5O6Si/c1-38-11-15(41-17-10-32-33-21(37)19(17)24(28,29)30)12-39-6-2-18(36)34-4-5-35-20-16(40-7-3-22(35,42)13-34)8-14(9-31-20)23(25,26)27/h8-10,15H,2-7,11-13H2,1H3,(H,33,37)/t15-,22+/m0/s1. The summed E-state index contributed by atoms with van der Waals surface area (Å²) in [6.07, 6.45) is -8.85. The van der Waals surface area contributed by atoms with E-state index in [-0.39, 0.29) is 70.0 Å². The molecule has 0 bridgehead atoms. The van der Waals surface area contributed by atoms with Gasteiger partial charge in [-0.1, -0.05) is 0 Å². The lowest BCUT2D eigenvalue weighted by Crippen LogP contribution is -2.64. The molecule has 18 heteroatoms. The van der Waals surface area contributed by atoms with Crippen molar-refractivity contribution >= 4 is 22.0 Å². The fourth-order valence-electron chi connectivity index (χ4n) is 4.64. The molecule has 0 spiro atoms. The Balaban J connectivity index is 1.33. The molecule has 0 unspecified atom stereocenters. The fourth-order valence-corrected chi connectivity index (χ4v) is 5.15. The lowest BCUT2D eigenvalue weighted by Gasteiger charge is -2.48. The molecule has 2 aromatic heterocycles. The molecule has 0 saturated carbocycles. The normalized spacial score (nSPS) is 19.8. The van der Waals surface area contributed by atoms with Gasteiger partial charge in [0.15, 0.2) is 22.9 Å². The summed E-state index contributed by atoms with van der Waals surface area (Å²) in [5, 5.41) is 4.22. The van der Waals surface area contributed by atoms with Gasteiger partial charge in [-0.2, -0.15) is 31.4 Å². The number of methoxy groups -OCH3 is 1. The molecule has 11 nitrogen and oxygen atoms in total. The highest BCUT2D eigenvalue weighted by molar-refractivity contribution is 6.18. The topological polar surface area (TPSA) is 119 Å². The third-order valence-electron chi connectivity index (χ3n) is 6.62. The number of halogens is 6. The summed E-state index contributed by atoms with van der Waals surface area (Å²) in [5.74, 6) is -0.824. The number of ether oxygens (including phenoxy) is 4. The average Bonchev–Trinajstić information content (AvgIpc) is 3.04. The second kappa shape index (κ2) is 12.5. The van der Waals surface area contributed by atoms with Gasteiger partial charge in [-0.25, -0.2) is 10.1 Å². The number of fused-ring (bicyclic) bond motifs is 3. The van der Waals surface area contributed by atoms with Crippen molar-refractivity contribution in [2.24, 2.45) is 0 Å². The monoisotopic (exact) mass is 622 g/mol. The van der Waals surface area contributed by atoms with Gasteiger partial charge in [-0.05, 0) is 6.07 Å². The highest BCUT2D eigenvalue weighted by atomic mass is 28.1. The second-order valence-electron chi connectivity index (χ2n) is 9.60. The lowest BCUT2D eigenvalue weighted by molar-refractivity contribution is -0.141. The number of anilines is 1. The summed E-state index contributed by atoms with van der Waals surface area (Å²) >= 11 is 0. The summed E-state index contributed by atoms with van der Waals surface area (Å²) < 4.78 is 101. The molecule has 0 aliphatic carbocycles.